The van der Waals surface area contributed by atoms with Gasteiger partial charge in [-0.2, -0.15) is 28.1 Å². The Labute approximate surface area is 118 Å². The predicted molar refractivity (Wildman–Crippen MR) is 67.3 cm³/mol. The van der Waals surface area contributed by atoms with Crippen molar-refractivity contribution in [2.24, 2.45) is 0 Å². The molecule has 0 spiro atoms. The SMILES string of the molecule is CNc1nc(OCCCC(F)(F)F)nc(-n2ccnc2)n1. The molecule has 0 aliphatic heterocycles. The molecule has 0 bridgehead atoms. The van der Waals surface area contributed by atoms with Crippen LogP contribution >= 0.6 is 0 Å². The summed E-state index contributed by atoms with van der Waals surface area (Å²) in [6.07, 6.45) is -0.604. The molecule has 0 aliphatic carbocycles. The summed E-state index contributed by atoms with van der Waals surface area (Å²) in [6.45, 7) is -0.129. The van der Waals surface area contributed by atoms with E-state index < -0.39 is 12.6 Å². The monoisotopic (exact) mass is 302 g/mol. The van der Waals surface area contributed by atoms with Gasteiger partial charge in [0.15, 0.2) is 0 Å². The Kier molecular flexibility index (Phi) is 4.55. The van der Waals surface area contributed by atoms with Crippen LogP contribution in [0.4, 0.5) is 19.1 Å². The average Bonchev–Trinajstić information content (AvgIpc) is 2.96. The largest absolute Gasteiger partial charge is 0.463 e. The molecule has 0 aliphatic rings. The van der Waals surface area contributed by atoms with Gasteiger partial charge in [-0.3, -0.25) is 4.57 Å². The molecule has 1 N–H and O–H groups in total. The van der Waals surface area contributed by atoms with Gasteiger partial charge in [-0.15, -0.1) is 0 Å². The molecular weight excluding hydrogens is 289 g/mol. The van der Waals surface area contributed by atoms with Crippen LogP contribution in [0.2, 0.25) is 0 Å². The van der Waals surface area contributed by atoms with E-state index in [0.717, 1.165) is 0 Å². The summed E-state index contributed by atoms with van der Waals surface area (Å²) >= 11 is 0. The molecule has 2 heterocycles. The van der Waals surface area contributed by atoms with Gasteiger partial charge in [0.2, 0.25) is 11.9 Å². The number of halogens is 3. The number of nitrogens with zero attached hydrogens (tertiary/aromatic N) is 5. The Morgan fingerprint density at radius 3 is 2.71 bits per heavy atom. The highest BCUT2D eigenvalue weighted by Crippen LogP contribution is 2.21. The molecule has 0 saturated carbocycles. The van der Waals surface area contributed by atoms with Crippen LogP contribution < -0.4 is 10.1 Å². The maximum absolute atomic E-state index is 12.0. The minimum Gasteiger partial charge on any atom is -0.463 e. The van der Waals surface area contributed by atoms with E-state index in [2.05, 4.69) is 25.3 Å². The van der Waals surface area contributed by atoms with Crippen LogP contribution in [0.5, 0.6) is 6.01 Å². The van der Waals surface area contributed by atoms with Crippen LogP contribution in [0.15, 0.2) is 18.7 Å². The lowest BCUT2D eigenvalue weighted by atomic mass is 10.3. The molecule has 0 fully saturated rings. The summed E-state index contributed by atoms with van der Waals surface area (Å²) < 4.78 is 42.8. The van der Waals surface area contributed by atoms with Gasteiger partial charge in [0.1, 0.15) is 6.33 Å². The second-order valence-electron chi connectivity index (χ2n) is 4.03. The van der Waals surface area contributed by atoms with Gasteiger partial charge in [-0.1, -0.05) is 0 Å². The molecule has 10 heteroatoms. The number of hydrogen-bond donors (Lipinski definition) is 1. The first-order valence-corrected chi connectivity index (χ1v) is 6.09. The van der Waals surface area contributed by atoms with Gasteiger partial charge in [-0.25, -0.2) is 4.98 Å². The molecule has 0 unspecified atom stereocenters. The van der Waals surface area contributed by atoms with E-state index in [4.69, 9.17) is 4.74 Å². The summed E-state index contributed by atoms with van der Waals surface area (Å²) in [5.41, 5.74) is 0. The second kappa shape index (κ2) is 6.37. The van der Waals surface area contributed by atoms with Gasteiger partial charge < -0.3 is 10.1 Å². The number of hydrogen-bond acceptors (Lipinski definition) is 6. The minimum absolute atomic E-state index is 0.0415. The van der Waals surface area contributed by atoms with Crippen molar-refractivity contribution < 1.29 is 17.9 Å². The molecule has 7 nitrogen and oxygen atoms in total. The lowest BCUT2D eigenvalue weighted by Crippen LogP contribution is -2.12. The molecular formula is C11H13F3N6O. The van der Waals surface area contributed by atoms with Crippen molar-refractivity contribution in [3.8, 4) is 12.0 Å². The fraction of sp³-hybridized carbons (Fsp3) is 0.455. The molecule has 2 aromatic rings. The molecule has 0 saturated heterocycles. The van der Waals surface area contributed by atoms with E-state index >= 15 is 0 Å². The smallest absolute Gasteiger partial charge is 0.389 e. The first-order chi connectivity index (χ1) is 9.98. The fourth-order valence-electron chi connectivity index (χ4n) is 1.45. The van der Waals surface area contributed by atoms with Crippen molar-refractivity contribution in [3.63, 3.8) is 0 Å². The summed E-state index contributed by atoms with van der Waals surface area (Å²) in [4.78, 5) is 15.9. The molecule has 0 amide bonds. The second-order valence-corrected chi connectivity index (χ2v) is 4.03. The van der Waals surface area contributed by atoms with Crippen molar-refractivity contribution in [2.45, 2.75) is 19.0 Å². The fourth-order valence-corrected chi connectivity index (χ4v) is 1.45. The van der Waals surface area contributed by atoms with E-state index in [9.17, 15) is 13.2 Å². The topological polar surface area (TPSA) is 77.8 Å². The number of anilines is 1. The van der Waals surface area contributed by atoms with Crippen LogP contribution in [0.3, 0.4) is 0 Å². The number of imidazole rings is 1. The number of nitrogens with one attached hydrogen (secondary N) is 1. The van der Waals surface area contributed by atoms with Crippen molar-refractivity contribution >= 4 is 5.95 Å². The molecule has 0 radical (unpaired) electrons. The third kappa shape index (κ3) is 4.58. The van der Waals surface area contributed by atoms with Gasteiger partial charge >= 0.3 is 12.2 Å². The van der Waals surface area contributed by atoms with E-state index in [1.165, 1.54) is 10.9 Å². The molecule has 21 heavy (non-hydrogen) atoms. The maximum atomic E-state index is 12.0. The standard InChI is InChI=1S/C11H13F3N6O/c1-15-8-17-9(20-5-4-16-7-20)19-10(18-8)21-6-2-3-11(12,13)14/h4-5,7H,2-3,6H2,1H3,(H,15,17,18,19). The Bertz CT molecular complexity index is 572. The summed E-state index contributed by atoms with van der Waals surface area (Å²) in [6, 6.07) is -0.0415. The quantitative estimate of drug-likeness (QED) is 0.820. The van der Waals surface area contributed by atoms with Crippen molar-refractivity contribution in [1.29, 1.82) is 0 Å². The lowest BCUT2D eigenvalue weighted by molar-refractivity contribution is -0.136. The van der Waals surface area contributed by atoms with Crippen LogP contribution in [0.1, 0.15) is 12.8 Å². The summed E-state index contributed by atoms with van der Waals surface area (Å²) in [7, 11) is 1.61. The Hall–Kier alpha value is -2.39. The lowest BCUT2D eigenvalue weighted by Gasteiger charge is -2.09. The number of aromatic nitrogens is 5. The van der Waals surface area contributed by atoms with Crippen molar-refractivity contribution in [3.05, 3.63) is 18.7 Å². The van der Waals surface area contributed by atoms with E-state index in [1.807, 2.05) is 0 Å². The van der Waals surface area contributed by atoms with Crippen LogP contribution in [0.25, 0.3) is 5.95 Å². The predicted octanol–water partition coefficient (Wildman–Crippen LogP) is 1.82. The van der Waals surface area contributed by atoms with Crippen molar-refractivity contribution in [1.82, 2.24) is 24.5 Å². The van der Waals surface area contributed by atoms with Gasteiger partial charge in [0.25, 0.3) is 0 Å². The highest BCUT2D eigenvalue weighted by atomic mass is 19.4. The maximum Gasteiger partial charge on any atom is 0.389 e. The van der Waals surface area contributed by atoms with E-state index in [-0.39, 0.29) is 30.9 Å². The summed E-state index contributed by atoms with van der Waals surface area (Å²) in [5.74, 6) is 0.511. The van der Waals surface area contributed by atoms with Crippen LogP contribution in [0, 0.1) is 0 Å². The highest BCUT2D eigenvalue weighted by molar-refractivity contribution is 5.29. The first kappa shape index (κ1) is 15.0. The average molecular weight is 302 g/mol. The summed E-state index contributed by atoms with van der Waals surface area (Å²) in [5, 5.41) is 2.73. The van der Waals surface area contributed by atoms with Gasteiger partial charge in [0, 0.05) is 25.9 Å². The molecule has 0 atom stereocenters. The van der Waals surface area contributed by atoms with Crippen molar-refractivity contribution in [2.75, 3.05) is 19.0 Å². The normalized spacial score (nSPS) is 11.4. The van der Waals surface area contributed by atoms with Gasteiger partial charge in [-0.05, 0) is 6.42 Å². The van der Waals surface area contributed by atoms with Crippen LogP contribution in [-0.2, 0) is 0 Å². The van der Waals surface area contributed by atoms with Crippen LogP contribution in [-0.4, -0.2) is 44.3 Å². The Balaban J connectivity index is 2.04. The molecule has 114 valence electrons. The highest BCUT2D eigenvalue weighted by Gasteiger charge is 2.26. The zero-order valence-corrected chi connectivity index (χ0v) is 11.1. The minimum atomic E-state index is -4.19. The molecule has 2 aromatic heterocycles. The number of ether oxygens (including phenoxy) is 1. The first-order valence-electron chi connectivity index (χ1n) is 6.09. The third-order valence-corrected chi connectivity index (χ3v) is 2.40. The number of alkyl halides is 3. The third-order valence-electron chi connectivity index (χ3n) is 2.40. The Morgan fingerprint density at radius 2 is 2.10 bits per heavy atom. The van der Waals surface area contributed by atoms with E-state index in [1.54, 1.807) is 19.4 Å². The zero-order chi connectivity index (χ0) is 15.3. The molecule has 0 aromatic carbocycles. The molecule has 2 rings (SSSR count). The van der Waals surface area contributed by atoms with E-state index in [0.29, 0.717) is 0 Å². The zero-order valence-electron chi connectivity index (χ0n) is 11.1. The number of rotatable bonds is 6. The van der Waals surface area contributed by atoms with Gasteiger partial charge in [0.05, 0.1) is 6.61 Å². The Morgan fingerprint density at radius 1 is 1.29 bits per heavy atom.